The Morgan fingerprint density at radius 2 is 1.90 bits per heavy atom. The van der Waals surface area contributed by atoms with Crippen LogP contribution in [-0.2, 0) is 16.0 Å². The Morgan fingerprint density at radius 3 is 2.55 bits per heavy atom. The Balaban J connectivity index is 2.02. The molecule has 1 aromatic heterocycles. The molecule has 0 fully saturated rings. The van der Waals surface area contributed by atoms with Crippen LogP contribution < -0.4 is 10.6 Å². The van der Waals surface area contributed by atoms with E-state index in [1.54, 1.807) is 19.1 Å². The zero-order valence-corrected chi connectivity index (χ0v) is 11.3. The molecule has 2 rings (SSSR count). The summed E-state index contributed by atoms with van der Waals surface area (Å²) in [7, 11) is 0. The molecule has 2 aromatic rings. The molecular weight excluding hydrogens is 258 g/mol. The lowest BCUT2D eigenvalue weighted by atomic mass is 10.1. The fourth-order valence-electron chi connectivity index (χ4n) is 1.73. The summed E-state index contributed by atoms with van der Waals surface area (Å²) in [6.07, 6.45) is 0.764. The van der Waals surface area contributed by atoms with Crippen LogP contribution in [0.4, 0.5) is 11.5 Å². The first-order valence-electron chi connectivity index (χ1n) is 6.23. The maximum Gasteiger partial charge on any atom is 0.315 e. The molecule has 0 spiro atoms. The number of nitrogens with one attached hydrogen (secondary N) is 2. The maximum absolute atomic E-state index is 11.8. The summed E-state index contributed by atoms with van der Waals surface area (Å²) < 4.78 is 4.80. The average Bonchev–Trinajstić information content (AvgIpc) is 2.84. The molecule has 20 heavy (non-hydrogen) atoms. The van der Waals surface area contributed by atoms with E-state index in [0.717, 1.165) is 12.0 Å². The number of carbonyl (C=O) groups is 2. The number of aromatic nitrogens is 1. The Hall–Kier alpha value is -2.63. The van der Waals surface area contributed by atoms with Crippen LogP contribution in [0.2, 0.25) is 0 Å². The highest BCUT2D eigenvalue weighted by Crippen LogP contribution is 2.15. The second-order valence-electron chi connectivity index (χ2n) is 4.24. The summed E-state index contributed by atoms with van der Waals surface area (Å²) >= 11 is 0. The number of benzene rings is 1. The number of carbonyl (C=O) groups excluding carboxylic acids is 2. The zero-order valence-electron chi connectivity index (χ0n) is 11.3. The first-order valence-corrected chi connectivity index (χ1v) is 6.23. The van der Waals surface area contributed by atoms with Gasteiger partial charge in [0.15, 0.2) is 5.82 Å². The summed E-state index contributed by atoms with van der Waals surface area (Å²) in [4.78, 5) is 23.5. The van der Waals surface area contributed by atoms with Crippen LogP contribution in [0.5, 0.6) is 0 Å². The van der Waals surface area contributed by atoms with E-state index in [4.69, 9.17) is 4.52 Å². The number of rotatable bonds is 3. The zero-order chi connectivity index (χ0) is 14.5. The van der Waals surface area contributed by atoms with Crippen molar-refractivity contribution in [3.05, 3.63) is 41.7 Å². The molecular formula is C14H15N3O3. The van der Waals surface area contributed by atoms with Crippen molar-refractivity contribution in [3.8, 4) is 0 Å². The molecule has 0 atom stereocenters. The smallest absolute Gasteiger partial charge is 0.315 e. The van der Waals surface area contributed by atoms with Crippen molar-refractivity contribution in [1.82, 2.24) is 5.16 Å². The van der Waals surface area contributed by atoms with Crippen LogP contribution in [-0.4, -0.2) is 17.0 Å². The van der Waals surface area contributed by atoms with E-state index >= 15 is 0 Å². The van der Waals surface area contributed by atoms with Crippen molar-refractivity contribution in [2.45, 2.75) is 20.3 Å². The minimum Gasteiger partial charge on any atom is -0.360 e. The number of hydrogen-bond acceptors (Lipinski definition) is 4. The lowest BCUT2D eigenvalue weighted by molar-refractivity contribution is -0.133. The van der Waals surface area contributed by atoms with Crippen molar-refractivity contribution in [2.75, 3.05) is 10.6 Å². The van der Waals surface area contributed by atoms with Gasteiger partial charge in [-0.15, -0.1) is 0 Å². The largest absolute Gasteiger partial charge is 0.360 e. The van der Waals surface area contributed by atoms with Gasteiger partial charge in [-0.3, -0.25) is 14.9 Å². The quantitative estimate of drug-likeness (QED) is 0.839. The normalized spacial score (nSPS) is 10.1. The second-order valence-corrected chi connectivity index (χ2v) is 4.24. The number of hydrogen-bond donors (Lipinski definition) is 2. The van der Waals surface area contributed by atoms with Crippen LogP contribution in [0.1, 0.15) is 18.2 Å². The highest BCUT2D eigenvalue weighted by molar-refractivity contribution is 6.43. The van der Waals surface area contributed by atoms with E-state index in [1.165, 1.54) is 6.07 Å². The molecule has 1 aromatic carbocycles. The van der Waals surface area contributed by atoms with E-state index in [0.29, 0.717) is 11.4 Å². The lowest BCUT2D eigenvalue weighted by Crippen LogP contribution is -2.29. The predicted molar refractivity (Wildman–Crippen MR) is 74.3 cm³/mol. The Bertz CT molecular complexity index is 634. The van der Waals surface area contributed by atoms with E-state index in [-0.39, 0.29) is 5.82 Å². The molecule has 0 unspecified atom stereocenters. The molecule has 104 valence electrons. The number of anilines is 2. The number of aryl methyl sites for hydroxylation is 2. The van der Waals surface area contributed by atoms with Crippen molar-refractivity contribution in [1.29, 1.82) is 0 Å². The van der Waals surface area contributed by atoms with Crippen molar-refractivity contribution >= 4 is 23.3 Å². The monoisotopic (exact) mass is 273 g/mol. The third kappa shape index (κ3) is 3.23. The van der Waals surface area contributed by atoms with Gasteiger partial charge >= 0.3 is 11.8 Å². The molecule has 0 saturated heterocycles. The molecule has 0 bridgehead atoms. The van der Waals surface area contributed by atoms with E-state index in [1.807, 2.05) is 19.1 Å². The molecule has 2 amide bonds. The van der Waals surface area contributed by atoms with Gasteiger partial charge in [0.25, 0.3) is 0 Å². The van der Waals surface area contributed by atoms with E-state index in [2.05, 4.69) is 15.8 Å². The molecule has 0 aliphatic carbocycles. The van der Waals surface area contributed by atoms with Crippen molar-refractivity contribution in [2.24, 2.45) is 0 Å². The van der Waals surface area contributed by atoms with Crippen molar-refractivity contribution in [3.63, 3.8) is 0 Å². The summed E-state index contributed by atoms with van der Waals surface area (Å²) in [5, 5.41) is 8.54. The first kappa shape index (κ1) is 13.8. The van der Waals surface area contributed by atoms with Crippen LogP contribution in [0.15, 0.2) is 34.9 Å². The molecule has 6 nitrogen and oxygen atoms in total. The Morgan fingerprint density at radius 1 is 1.20 bits per heavy atom. The third-order valence-corrected chi connectivity index (χ3v) is 2.72. The number of nitrogens with zero attached hydrogens (tertiary/aromatic N) is 1. The highest BCUT2D eigenvalue weighted by Gasteiger charge is 2.16. The minimum absolute atomic E-state index is 0.214. The highest BCUT2D eigenvalue weighted by atomic mass is 16.5. The first-order chi connectivity index (χ1) is 9.60. The van der Waals surface area contributed by atoms with Gasteiger partial charge in [0.1, 0.15) is 5.76 Å². The molecule has 0 radical (unpaired) electrons. The van der Waals surface area contributed by atoms with Crippen LogP contribution in [0.3, 0.4) is 0 Å². The van der Waals surface area contributed by atoms with Gasteiger partial charge in [0.05, 0.1) is 0 Å². The van der Waals surface area contributed by atoms with E-state index in [9.17, 15) is 9.59 Å². The van der Waals surface area contributed by atoms with Crippen molar-refractivity contribution < 1.29 is 14.1 Å². The fourth-order valence-corrected chi connectivity index (χ4v) is 1.73. The second kappa shape index (κ2) is 6.01. The SMILES string of the molecule is CCc1ccccc1NC(=O)C(=O)Nc1cc(C)on1. The van der Waals surface area contributed by atoms with Gasteiger partial charge in [-0.1, -0.05) is 30.3 Å². The van der Waals surface area contributed by atoms with Gasteiger partial charge in [0.2, 0.25) is 0 Å². The van der Waals surface area contributed by atoms with Crippen LogP contribution in [0.25, 0.3) is 0 Å². The molecule has 6 heteroatoms. The fraction of sp³-hybridized carbons (Fsp3) is 0.214. The maximum atomic E-state index is 11.8. The van der Waals surface area contributed by atoms with Crippen LogP contribution in [0, 0.1) is 6.92 Å². The number of para-hydroxylation sites is 1. The van der Waals surface area contributed by atoms with Gasteiger partial charge in [-0.05, 0) is 25.0 Å². The summed E-state index contributed by atoms with van der Waals surface area (Å²) in [6, 6.07) is 8.87. The summed E-state index contributed by atoms with van der Waals surface area (Å²) in [6.45, 7) is 3.67. The predicted octanol–water partition coefficient (Wildman–Crippen LogP) is 2.12. The van der Waals surface area contributed by atoms with Gasteiger partial charge in [0, 0.05) is 11.8 Å². The Kier molecular flexibility index (Phi) is 4.14. The molecule has 2 N–H and O–H groups in total. The summed E-state index contributed by atoms with van der Waals surface area (Å²) in [5.41, 5.74) is 1.59. The van der Waals surface area contributed by atoms with Gasteiger partial charge in [-0.2, -0.15) is 0 Å². The van der Waals surface area contributed by atoms with Crippen LogP contribution >= 0.6 is 0 Å². The van der Waals surface area contributed by atoms with Gasteiger partial charge < -0.3 is 9.84 Å². The average molecular weight is 273 g/mol. The van der Waals surface area contributed by atoms with E-state index < -0.39 is 11.8 Å². The number of amides is 2. The Labute approximate surface area is 116 Å². The third-order valence-electron chi connectivity index (χ3n) is 2.72. The molecule has 1 heterocycles. The molecule has 0 aliphatic rings. The lowest BCUT2D eigenvalue weighted by Gasteiger charge is -2.08. The summed E-state index contributed by atoms with van der Waals surface area (Å²) in [5.74, 6) is -0.765. The standard InChI is InChI=1S/C14H15N3O3/c1-3-10-6-4-5-7-11(10)15-13(18)14(19)16-12-8-9(2)20-17-12/h4-8H,3H2,1-2H3,(H,15,18)(H,16,17,19). The molecule has 0 aliphatic heterocycles. The topological polar surface area (TPSA) is 84.2 Å². The minimum atomic E-state index is -0.788. The van der Waals surface area contributed by atoms with Gasteiger partial charge in [-0.25, -0.2) is 0 Å². The molecule has 0 saturated carbocycles.